The van der Waals surface area contributed by atoms with Crippen molar-refractivity contribution in [3.8, 4) is 0 Å². The molecule has 1 aliphatic heterocycles. The fraction of sp³-hybridized carbons (Fsp3) is 1.00. The molecule has 0 radical (unpaired) electrons. The summed E-state index contributed by atoms with van der Waals surface area (Å²) in [5, 5.41) is 0. The largest absolute Gasteiger partial charge is 0.379 e. The summed E-state index contributed by atoms with van der Waals surface area (Å²) >= 11 is 0. The Hall–Kier alpha value is -0.0800. The van der Waals surface area contributed by atoms with E-state index >= 15 is 0 Å². The predicted molar refractivity (Wildman–Crippen MR) is 81.1 cm³/mol. The Bertz CT molecular complexity index is 215. The summed E-state index contributed by atoms with van der Waals surface area (Å²) < 4.78 is 5.43. The average Bonchev–Trinajstić information content (AvgIpc) is 2.31. The zero-order chi connectivity index (χ0) is 14.4. The van der Waals surface area contributed by atoms with E-state index in [1.165, 1.54) is 6.42 Å². The van der Waals surface area contributed by atoms with E-state index < -0.39 is 0 Å². The third-order valence-corrected chi connectivity index (χ3v) is 4.32. The number of morpholine rings is 1. The lowest BCUT2D eigenvalue weighted by Crippen LogP contribution is -2.52. The summed E-state index contributed by atoms with van der Waals surface area (Å²) in [6, 6.07) is 0. The van der Waals surface area contributed by atoms with Gasteiger partial charge in [0, 0.05) is 18.6 Å². The third kappa shape index (κ3) is 5.27. The number of rotatable bonds is 4. The van der Waals surface area contributed by atoms with Crippen molar-refractivity contribution < 1.29 is 4.74 Å². The van der Waals surface area contributed by atoms with Gasteiger partial charge in [0.05, 0.1) is 13.2 Å². The molecule has 2 nitrogen and oxygen atoms in total. The van der Waals surface area contributed by atoms with E-state index in [1.807, 2.05) is 13.8 Å². The van der Waals surface area contributed by atoms with Crippen molar-refractivity contribution >= 4 is 0 Å². The lowest BCUT2D eigenvalue weighted by Gasteiger charge is -2.46. The van der Waals surface area contributed by atoms with Crippen molar-refractivity contribution in [2.24, 2.45) is 11.3 Å². The second kappa shape index (κ2) is 7.49. The first kappa shape index (κ1) is 17.9. The number of ether oxygens (including phenoxy) is 1. The highest BCUT2D eigenvalue weighted by Gasteiger charge is 2.35. The number of hydrogen-bond donors (Lipinski definition) is 0. The molecule has 0 aromatic heterocycles. The highest BCUT2D eigenvalue weighted by atomic mass is 16.5. The molecule has 1 saturated heterocycles. The lowest BCUT2D eigenvalue weighted by atomic mass is 9.72. The molecule has 1 heterocycles. The summed E-state index contributed by atoms with van der Waals surface area (Å²) in [6.45, 7) is 22.1. The van der Waals surface area contributed by atoms with Gasteiger partial charge in [0.15, 0.2) is 0 Å². The summed E-state index contributed by atoms with van der Waals surface area (Å²) in [5.74, 6) is 0.729. The van der Waals surface area contributed by atoms with Crippen molar-refractivity contribution in [2.75, 3.05) is 26.3 Å². The Morgan fingerprint density at radius 2 is 1.44 bits per heavy atom. The molecule has 0 spiro atoms. The predicted octanol–water partition coefficient (Wildman–Crippen LogP) is 4.20. The fourth-order valence-electron chi connectivity index (χ4n) is 2.60. The second-order valence-corrected chi connectivity index (χ2v) is 6.73. The second-order valence-electron chi connectivity index (χ2n) is 6.73. The first-order valence-corrected chi connectivity index (χ1v) is 7.58. The zero-order valence-corrected chi connectivity index (χ0v) is 14.0. The standard InChI is InChI=1S/C14H29NO.C2H6/c1-12(2)13(3,4)11-14(5,6)15-7-9-16-10-8-15;1-2/h12H,7-11H2,1-6H3;1-2H3. The Morgan fingerprint density at radius 3 is 1.83 bits per heavy atom. The van der Waals surface area contributed by atoms with E-state index in [1.54, 1.807) is 0 Å². The van der Waals surface area contributed by atoms with Crippen molar-refractivity contribution in [2.45, 2.75) is 67.3 Å². The average molecular weight is 257 g/mol. The molecule has 1 aliphatic rings. The molecule has 110 valence electrons. The van der Waals surface area contributed by atoms with Crippen LogP contribution < -0.4 is 0 Å². The van der Waals surface area contributed by atoms with Gasteiger partial charge in [0.2, 0.25) is 0 Å². The van der Waals surface area contributed by atoms with Crippen LogP contribution in [0.3, 0.4) is 0 Å². The smallest absolute Gasteiger partial charge is 0.0594 e. The quantitative estimate of drug-likeness (QED) is 0.748. The highest BCUT2D eigenvalue weighted by Crippen LogP contribution is 2.37. The minimum atomic E-state index is 0.289. The summed E-state index contributed by atoms with van der Waals surface area (Å²) in [6.07, 6.45) is 1.25. The van der Waals surface area contributed by atoms with Crippen molar-refractivity contribution in [1.82, 2.24) is 4.90 Å². The van der Waals surface area contributed by atoms with Gasteiger partial charge in [0.1, 0.15) is 0 Å². The van der Waals surface area contributed by atoms with Crippen LogP contribution in [0.25, 0.3) is 0 Å². The molecule has 0 atom stereocenters. The topological polar surface area (TPSA) is 12.5 Å². The molecule has 0 aromatic carbocycles. The van der Waals surface area contributed by atoms with Crippen LogP contribution in [0.5, 0.6) is 0 Å². The maximum absolute atomic E-state index is 5.43. The SMILES string of the molecule is CC.CC(C)C(C)(C)CC(C)(C)N1CCOCC1. The Balaban J connectivity index is 0.00000137. The van der Waals surface area contributed by atoms with Gasteiger partial charge in [-0.05, 0) is 31.6 Å². The molecular weight excluding hydrogens is 222 g/mol. The molecule has 0 aliphatic carbocycles. The molecule has 1 rings (SSSR count). The van der Waals surface area contributed by atoms with E-state index in [4.69, 9.17) is 4.74 Å². The van der Waals surface area contributed by atoms with Gasteiger partial charge in [-0.1, -0.05) is 41.5 Å². The molecule has 0 N–H and O–H groups in total. The molecule has 0 saturated carbocycles. The normalized spacial score (nSPS) is 18.5. The van der Waals surface area contributed by atoms with Gasteiger partial charge < -0.3 is 4.74 Å². The molecule has 0 amide bonds. The molecule has 2 heteroatoms. The van der Waals surface area contributed by atoms with Crippen LogP contribution in [0.15, 0.2) is 0 Å². The molecule has 0 unspecified atom stereocenters. The van der Waals surface area contributed by atoms with E-state index in [0.717, 1.165) is 32.2 Å². The summed E-state index contributed by atoms with van der Waals surface area (Å²) in [4.78, 5) is 2.58. The Kier molecular flexibility index (Phi) is 7.46. The van der Waals surface area contributed by atoms with Gasteiger partial charge in [-0.25, -0.2) is 0 Å². The molecule has 0 aromatic rings. The van der Waals surface area contributed by atoms with E-state index in [2.05, 4.69) is 46.4 Å². The maximum atomic E-state index is 5.43. The monoisotopic (exact) mass is 257 g/mol. The van der Waals surface area contributed by atoms with E-state index in [0.29, 0.717) is 5.41 Å². The van der Waals surface area contributed by atoms with Crippen LogP contribution in [-0.4, -0.2) is 36.7 Å². The van der Waals surface area contributed by atoms with Crippen LogP contribution >= 0.6 is 0 Å². The van der Waals surface area contributed by atoms with Crippen molar-refractivity contribution in [1.29, 1.82) is 0 Å². The van der Waals surface area contributed by atoms with Gasteiger partial charge in [0.25, 0.3) is 0 Å². The maximum Gasteiger partial charge on any atom is 0.0594 e. The van der Waals surface area contributed by atoms with Crippen LogP contribution in [-0.2, 0) is 4.74 Å². The summed E-state index contributed by atoms with van der Waals surface area (Å²) in [7, 11) is 0. The Morgan fingerprint density at radius 1 is 1.00 bits per heavy atom. The Labute approximate surface area is 115 Å². The highest BCUT2D eigenvalue weighted by molar-refractivity contribution is 4.89. The minimum Gasteiger partial charge on any atom is -0.379 e. The molecular formula is C16H35NO. The van der Waals surface area contributed by atoms with Crippen molar-refractivity contribution in [3.63, 3.8) is 0 Å². The fourth-order valence-corrected chi connectivity index (χ4v) is 2.60. The first-order chi connectivity index (χ1) is 8.26. The minimum absolute atomic E-state index is 0.289. The zero-order valence-electron chi connectivity index (χ0n) is 14.0. The van der Waals surface area contributed by atoms with E-state index in [9.17, 15) is 0 Å². The van der Waals surface area contributed by atoms with Crippen LogP contribution in [0, 0.1) is 11.3 Å². The molecule has 18 heavy (non-hydrogen) atoms. The number of nitrogens with zero attached hydrogens (tertiary/aromatic N) is 1. The van der Waals surface area contributed by atoms with Gasteiger partial charge >= 0.3 is 0 Å². The number of hydrogen-bond acceptors (Lipinski definition) is 2. The van der Waals surface area contributed by atoms with Gasteiger partial charge in [-0.3, -0.25) is 4.90 Å². The van der Waals surface area contributed by atoms with Crippen LogP contribution in [0.2, 0.25) is 0 Å². The third-order valence-electron chi connectivity index (χ3n) is 4.32. The van der Waals surface area contributed by atoms with E-state index in [-0.39, 0.29) is 5.54 Å². The van der Waals surface area contributed by atoms with Gasteiger partial charge in [-0.2, -0.15) is 0 Å². The molecule has 0 bridgehead atoms. The summed E-state index contributed by atoms with van der Waals surface area (Å²) in [5.41, 5.74) is 0.694. The molecule has 1 fully saturated rings. The van der Waals surface area contributed by atoms with Crippen molar-refractivity contribution in [3.05, 3.63) is 0 Å². The van der Waals surface area contributed by atoms with Crippen LogP contribution in [0.4, 0.5) is 0 Å². The lowest BCUT2D eigenvalue weighted by molar-refractivity contribution is -0.0292. The van der Waals surface area contributed by atoms with Gasteiger partial charge in [-0.15, -0.1) is 0 Å². The van der Waals surface area contributed by atoms with Crippen LogP contribution in [0.1, 0.15) is 61.8 Å². The first-order valence-electron chi connectivity index (χ1n) is 7.58.